The predicted octanol–water partition coefficient (Wildman–Crippen LogP) is 5.27. The van der Waals surface area contributed by atoms with Gasteiger partial charge in [0.2, 0.25) is 0 Å². The van der Waals surface area contributed by atoms with Crippen LogP contribution < -0.4 is 16.0 Å². The Kier molecular flexibility index (Phi) is 6.17. The maximum atomic E-state index is 12.1. The number of aromatic nitrogens is 1. The molecule has 1 heterocycles. The Bertz CT molecular complexity index is 838. The minimum Gasteiger partial charge on any atom is -0.490 e. The summed E-state index contributed by atoms with van der Waals surface area (Å²) in [4.78, 5) is 14.8. The molecule has 4 nitrogen and oxygen atoms in total. The molecule has 0 aliphatic heterocycles. The number of ether oxygens (including phenoxy) is 1. The Balaban J connectivity index is 1.79. The molecule has 0 spiro atoms. The second-order valence-electron chi connectivity index (χ2n) is 8.27. The minimum atomic E-state index is -0.146. The van der Waals surface area contributed by atoms with Crippen LogP contribution in [0.5, 0.6) is 5.75 Å². The zero-order chi connectivity index (χ0) is 19.6. The summed E-state index contributed by atoms with van der Waals surface area (Å²) in [5.41, 5.74) is 6.66. The first-order valence-corrected chi connectivity index (χ1v) is 10.5. The number of nitrogens with one attached hydrogen (secondary N) is 1. The molecule has 2 aromatic rings. The molecule has 1 aliphatic rings. The van der Waals surface area contributed by atoms with Gasteiger partial charge in [-0.15, -0.1) is 0 Å². The van der Waals surface area contributed by atoms with E-state index in [4.69, 9.17) is 22.1 Å². The van der Waals surface area contributed by atoms with Crippen LogP contribution in [0.25, 0.3) is 10.8 Å². The van der Waals surface area contributed by atoms with E-state index in [1.54, 1.807) is 12.3 Å². The van der Waals surface area contributed by atoms with Gasteiger partial charge >= 0.3 is 0 Å². The van der Waals surface area contributed by atoms with Crippen LogP contribution >= 0.6 is 11.6 Å². The maximum absolute atomic E-state index is 12.1. The number of hydrogen-bond acceptors (Lipinski definition) is 3. The molecule has 0 amide bonds. The number of benzene rings is 1. The Morgan fingerprint density at radius 2 is 2.00 bits per heavy atom. The molecule has 3 rings (SSSR count). The summed E-state index contributed by atoms with van der Waals surface area (Å²) in [6.07, 6.45) is 8.10. The van der Waals surface area contributed by atoms with E-state index < -0.39 is 0 Å². The molecular weight excluding hydrogens is 360 g/mol. The maximum Gasteiger partial charge on any atom is 0.255 e. The lowest BCUT2D eigenvalue weighted by atomic mass is 9.61. The Labute approximate surface area is 166 Å². The fraction of sp³-hybridized carbons (Fsp3) is 0.591. The molecule has 148 valence electrons. The highest BCUT2D eigenvalue weighted by Gasteiger charge is 2.42. The molecule has 1 unspecified atom stereocenters. The summed E-state index contributed by atoms with van der Waals surface area (Å²) in [6, 6.07) is 5.63. The van der Waals surface area contributed by atoms with Crippen LogP contribution in [0.15, 0.2) is 29.2 Å². The van der Waals surface area contributed by atoms with Crippen molar-refractivity contribution in [3.05, 3.63) is 39.8 Å². The van der Waals surface area contributed by atoms with Crippen molar-refractivity contribution in [2.75, 3.05) is 0 Å². The van der Waals surface area contributed by atoms with Crippen LogP contribution in [0.1, 0.15) is 59.3 Å². The summed E-state index contributed by atoms with van der Waals surface area (Å²) in [7, 11) is 0. The lowest BCUT2D eigenvalue weighted by Gasteiger charge is -2.47. The predicted molar refractivity (Wildman–Crippen MR) is 113 cm³/mol. The summed E-state index contributed by atoms with van der Waals surface area (Å²) in [5, 5.41) is 1.90. The standard InChI is InChI=1S/C22H31ClN2O2/c1-4-5-20(24)22(14(2)3)9-6-16(7-10-22)27-19-13-15(23)12-18-17(19)8-11-25-21(18)26/h8,11-14,16,20H,4-7,9-10,24H2,1-3H3,(H,25,26). The molecule has 3 N–H and O–H groups in total. The lowest BCUT2D eigenvalue weighted by molar-refractivity contribution is 0.0248. The number of fused-ring (bicyclic) bond motifs is 1. The normalized spacial score (nSPS) is 24.3. The molecule has 1 aromatic carbocycles. The van der Waals surface area contributed by atoms with Gasteiger partial charge in [-0.1, -0.05) is 38.8 Å². The van der Waals surface area contributed by atoms with Crippen LogP contribution in [0.2, 0.25) is 5.02 Å². The highest BCUT2D eigenvalue weighted by molar-refractivity contribution is 6.31. The smallest absolute Gasteiger partial charge is 0.255 e. The minimum absolute atomic E-state index is 0.131. The van der Waals surface area contributed by atoms with Crippen LogP contribution in [0.4, 0.5) is 0 Å². The average Bonchev–Trinajstić information content (AvgIpc) is 2.63. The van der Waals surface area contributed by atoms with E-state index >= 15 is 0 Å². The fourth-order valence-electron chi connectivity index (χ4n) is 4.73. The number of rotatable bonds is 6. The van der Waals surface area contributed by atoms with E-state index in [-0.39, 0.29) is 23.1 Å². The topological polar surface area (TPSA) is 68.1 Å². The number of H-pyrrole nitrogens is 1. The quantitative estimate of drug-likeness (QED) is 0.705. The number of aromatic amines is 1. The molecule has 1 fully saturated rings. The first-order chi connectivity index (χ1) is 12.9. The number of halogens is 1. The Morgan fingerprint density at radius 3 is 2.63 bits per heavy atom. The van der Waals surface area contributed by atoms with Crippen molar-refractivity contribution < 1.29 is 4.74 Å². The molecule has 1 aliphatic carbocycles. The van der Waals surface area contributed by atoms with Crippen molar-refractivity contribution >= 4 is 22.4 Å². The van der Waals surface area contributed by atoms with Gasteiger partial charge in [0.15, 0.2) is 0 Å². The molecule has 1 atom stereocenters. The summed E-state index contributed by atoms with van der Waals surface area (Å²) in [6.45, 7) is 6.80. The van der Waals surface area contributed by atoms with Gasteiger partial charge in [0.05, 0.1) is 11.5 Å². The third-order valence-corrected chi connectivity index (χ3v) is 6.68. The van der Waals surface area contributed by atoms with E-state index in [1.807, 2.05) is 12.1 Å². The van der Waals surface area contributed by atoms with Crippen LogP contribution in [-0.4, -0.2) is 17.1 Å². The average molecular weight is 391 g/mol. The number of pyridine rings is 1. The Hall–Kier alpha value is -1.52. The highest BCUT2D eigenvalue weighted by Crippen LogP contribution is 2.46. The second-order valence-corrected chi connectivity index (χ2v) is 8.71. The zero-order valence-corrected chi connectivity index (χ0v) is 17.3. The largest absolute Gasteiger partial charge is 0.490 e. The van der Waals surface area contributed by atoms with Crippen molar-refractivity contribution in [2.24, 2.45) is 17.1 Å². The van der Waals surface area contributed by atoms with Gasteiger partial charge in [-0.2, -0.15) is 0 Å². The van der Waals surface area contributed by atoms with Crippen molar-refractivity contribution in [2.45, 2.75) is 71.4 Å². The summed E-state index contributed by atoms with van der Waals surface area (Å²) >= 11 is 6.23. The first kappa shape index (κ1) is 20.2. The molecule has 0 radical (unpaired) electrons. The lowest BCUT2D eigenvalue weighted by Crippen LogP contribution is -2.49. The van der Waals surface area contributed by atoms with Gasteiger partial charge in [0.1, 0.15) is 5.75 Å². The molecule has 5 heteroatoms. The van der Waals surface area contributed by atoms with E-state index in [0.29, 0.717) is 22.1 Å². The van der Waals surface area contributed by atoms with Crippen LogP contribution in [0, 0.1) is 11.3 Å². The fourth-order valence-corrected chi connectivity index (χ4v) is 4.94. The van der Waals surface area contributed by atoms with E-state index in [0.717, 1.165) is 43.9 Å². The van der Waals surface area contributed by atoms with Gasteiger partial charge in [-0.3, -0.25) is 4.79 Å². The second kappa shape index (κ2) is 8.24. The molecule has 0 bridgehead atoms. The van der Waals surface area contributed by atoms with E-state index in [1.165, 1.54) is 0 Å². The van der Waals surface area contributed by atoms with Crippen LogP contribution in [0.3, 0.4) is 0 Å². The van der Waals surface area contributed by atoms with Gasteiger partial charge < -0.3 is 15.5 Å². The number of hydrogen-bond donors (Lipinski definition) is 2. The third-order valence-electron chi connectivity index (χ3n) is 6.46. The molecular formula is C22H31ClN2O2. The van der Waals surface area contributed by atoms with E-state index in [2.05, 4.69) is 25.8 Å². The van der Waals surface area contributed by atoms with Crippen molar-refractivity contribution in [3.8, 4) is 5.75 Å². The Morgan fingerprint density at radius 1 is 1.30 bits per heavy atom. The molecule has 27 heavy (non-hydrogen) atoms. The number of nitrogens with two attached hydrogens (primary N) is 1. The van der Waals surface area contributed by atoms with Crippen LogP contribution in [-0.2, 0) is 0 Å². The summed E-state index contributed by atoms with van der Waals surface area (Å²) in [5.74, 6) is 1.26. The molecule has 0 saturated heterocycles. The molecule has 1 saturated carbocycles. The van der Waals surface area contributed by atoms with Gasteiger partial charge in [0.25, 0.3) is 5.56 Å². The first-order valence-electron chi connectivity index (χ1n) is 10.1. The van der Waals surface area contributed by atoms with Gasteiger partial charge in [-0.25, -0.2) is 0 Å². The van der Waals surface area contributed by atoms with Crippen molar-refractivity contribution in [1.82, 2.24) is 4.98 Å². The van der Waals surface area contributed by atoms with E-state index in [9.17, 15) is 4.79 Å². The molecule has 1 aromatic heterocycles. The highest BCUT2D eigenvalue weighted by atomic mass is 35.5. The zero-order valence-electron chi connectivity index (χ0n) is 16.6. The SMILES string of the molecule is CCCC(N)C1(C(C)C)CCC(Oc2cc(Cl)cc3c(=O)[nH]ccc23)CC1. The van der Waals surface area contributed by atoms with Gasteiger partial charge in [-0.05, 0) is 61.6 Å². The van der Waals surface area contributed by atoms with Crippen molar-refractivity contribution in [3.63, 3.8) is 0 Å². The third kappa shape index (κ3) is 4.02. The summed E-state index contributed by atoms with van der Waals surface area (Å²) < 4.78 is 6.34. The van der Waals surface area contributed by atoms with Crippen molar-refractivity contribution in [1.29, 1.82) is 0 Å². The monoisotopic (exact) mass is 390 g/mol. The van der Waals surface area contributed by atoms with Gasteiger partial charge in [0, 0.05) is 22.6 Å².